The maximum atomic E-state index is 12.7. The molecule has 4 rings (SSSR count). The van der Waals surface area contributed by atoms with E-state index in [1.165, 1.54) is 32.1 Å². The lowest BCUT2D eigenvalue weighted by atomic mass is 9.95. The summed E-state index contributed by atoms with van der Waals surface area (Å²) in [5.41, 5.74) is 2.75. The molecule has 1 aliphatic heterocycles. The molecule has 0 spiro atoms. The van der Waals surface area contributed by atoms with Gasteiger partial charge in [-0.05, 0) is 46.0 Å². The minimum Gasteiger partial charge on any atom is -0.353 e. The Morgan fingerprint density at radius 3 is 2.23 bits per heavy atom. The molecule has 0 aromatic carbocycles. The van der Waals surface area contributed by atoms with Crippen LogP contribution in [0, 0.1) is 19.8 Å². The Hall–Kier alpha value is -1.98. The van der Waals surface area contributed by atoms with Gasteiger partial charge in [0, 0.05) is 47.9 Å². The summed E-state index contributed by atoms with van der Waals surface area (Å²) in [7, 11) is 0. The molecule has 3 aliphatic rings. The maximum absolute atomic E-state index is 12.7. The van der Waals surface area contributed by atoms with Gasteiger partial charge >= 0.3 is 0 Å². The molecule has 1 aromatic rings. The zero-order valence-corrected chi connectivity index (χ0v) is 18.6. The Morgan fingerprint density at radius 2 is 1.57 bits per heavy atom. The van der Waals surface area contributed by atoms with Crippen molar-refractivity contribution in [1.29, 1.82) is 0 Å². The molecule has 164 valence electrons. The molecule has 1 atom stereocenters. The first-order valence-electron chi connectivity index (χ1n) is 11.9. The summed E-state index contributed by atoms with van der Waals surface area (Å²) in [6, 6.07) is 0.328. The molecule has 1 unspecified atom stereocenters. The lowest BCUT2D eigenvalue weighted by Gasteiger charge is -2.23. The monoisotopic (exact) mass is 412 g/mol. The number of nitrogens with zero attached hydrogens (tertiary/aromatic N) is 3. The predicted molar refractivity (Wildman–Crippen MR) is 116 cm³/mol. The second-order valence-electron chi connectivity index (χ2n) is 9.56. The van der Waals surface area contributed by atoms with Gasteiger partial charge in [0.2, 0.25) is 11.8 Å². The highest BCUT2D eigenvalue weighted by molar-refractivity contribution is 5.80. The van der Waals surface area contributed by atoms with Gasteiger partial charge in [0.25, 0.3) is 0 Å². The second kappa shape index (κ2) is 9.44. The van der Waals surface area contributed by atoms with Crippen molar-refractivity contribution in [2.24, 2.45) is 5.92 Å². The van der Waals surface area contributed by atoms with Crippen molar-refractivity contribution in [3.8, 4) is 0 Å². The lowest BCUT2D eigenvalue weighted by molar-refractivity contribution is -0.134. The fourth-order valence-corrected chi connectivity index (χ4v) is 5.49. The van der Waals surface area contributed by atoms with Gasteiger partial charge in [0.05, 0.1) is 6.42 Å². The molecule has 1 saturated heterocycles. The Bertz CT molecular complexity index is 758. The Balaban J connectivity index is 1.37. The van der Waals surface area contributed by atoms with Crippen molar-refractivity contribution in [2.45, 2.75) is 96.4 Å². The molecule has 1 N–H and O–H groups in total. The Labute approximate surface area is 180 Å². The van der Waals surface area contributed by atoms with Crippen LogP contribution < -0.4 is 5.32 Å². The quantitative estimate of drug-likeness (QED) is 0.802. The fraction of sp³-hybridized carbons (Fsp3) is 0.750. The minimum atomic E-state index is 0.0821. The highest BCUT2D eigenvalue weighted by atomic mass is 16.2. The van der Waals surface area contributed by atoms with E-state index in [2.05, 4.69) is 5.32 Å². The number of carbonyl (C=O) groups excluding carboxylic acids is 2. The van der Waals surface area contributed by atoms with Crippen molar-refractivity contribution in [3.63, 3.8) is 0 Å². The van der Waals surface area contributed by atoms with E-state index < -0.39 is 0 Å². The van der Waals surface area contributed by atoms with E-state index in [0.29, 0.717) is 18.4 Å². The summed E-state index contributed by atoms with van der Waals surface area (Å²) in [6.45, 7) is 5.51. The van der Waals surface area contributed by atoms with Crippen LogP contribution in [0.25, 0.3) is 0 Å². The molecule has 0 radical (unpaired) electrons. The second-order valence-corrected chi connectivity index (χ2v) is 9.56. The third kappa shape index (κ3) is 4.84. The van der Waals surface area contributed by atoms with Crippen LogP contribution in [-0.2, 0) is 16.0 Å². The van der Waals surface area contributed by atoms with Crippen molar-refractivity contribution in [2.75, 3.05) is 13.1 Å². The van der Waals surface area contributed by atoms with Gasteiger partial charge in [-0.2, -0.15) is 0 Å². The number of hydrogen-bond acceptors (Lipinski definition) is 4. The van der Waals surface area contributed by atoms with Gasteiger partial charge in [-0.25, -0.2) is 9.97 Å². The van der Waals surface area contributed by atoms with Crippen molar-refractivity contribution in [3.05, 3.63) is 22.8 Å². The van der Waals surface area contributed by atoms with E-state index in [1.54, 1.807) is 0 Å². The average molecular weight is 413 g/mol. The van der Waals surface area contributed by atoms with Crippen LogP contribution in [0.5, 0.6) is 0 Å². The first-order valence-corrected chi connectivity index (χ1v) is 11.9. The van der Waals surface area contributed by atoms with Crippen molar-refractivity contribution >= 4 is 11.8 Å². The molecule has 2 aliphatic carbocycles. The summed E-state index contributed by atoms with van der Waals surface area (Å²) in [4.78, 5) is 36.9. The number of nitrogens with one attached hydrogen (secondary N) is 1. The van der Waals surface area contributed by atoms with Crippen LogP contribution in [0.1, 0.15) is 92.9 Å². The van der Waals surface area contributed by atoms with Gasteiger partial charge < -0.3 is 10.2 Å². The highest BCUT2D eigenvalue weighted by Gasteiger charge is 2.34. The van der Waals surface area contributed by atoms with Crippen molar-refractivity contribution < 1.29 is 9.59 Å². The summed E-state index contributed by atoms with van der Waals surface area (Å²) in [5.74, 6) is 1.69. The van der Waals surface area contributed by atoms with E-state index in [0.717, 1.165) is 68.0 Å². The van der Waals surface area contributed by atoms with Gasteiger partial charge in [-0.3, -0.25) is 9.59 Å². The lowest BCUT2D eigenvalue weighted by Crippen LogP contribution is -2.37. The van der Waals surface area contributed by atoms with Crippen LogP contribution >= 0.6 is 0 Å². The van der Waals surface area contributed by atoms with Crippen LogP contribution in [0.2, 0.25) is 0 Å². The normalized spacial score (nSPS) is 23.1. The zero-order valence-electron chi connectivity index (χ0n) is 18.6. The zero-order chi connectivity index (χ0) is 21.1. The third-order valence-electron chi connectivity index (χ3n) is 7.32. The summed E-state index contributed by atoms with van der Waals surface area (Å²) in [6.07, 6.45) is 11.6. The van der Waals surface area contributed by atoms with E-state index in [1.807, 2.05) is 18.7 Å². The third-order valence-corrected chi connectivity index (χ3v) is 7.32. The minimum absolute atomic E-state index is 0.0821. The van der Waals surface area contributed by atoms with Gasteiger partial charge in [0.1, 0.15) is 5.82 Å². The summed E-state index contributed by atoms with van der Waals surface area (Å²) >= 11 is 0. The van der Waals surface area contributed by atoms with Crippen LogP contribution in [0.4, 0.5) is 0 Å². The number of rotatable bonds is 5. The van der Waals surface area contributed by atoms with Crippen LogP contribution in [0.3, 0.4) is 0 Å². The van der Waals surface area contributed by atoms with E-state index >= 15 is 0 Å². The number of likely N-dealkylation sites (tertiary alicyclic amines) is 1. The smallest absolute Gasteiger partial charge is 0.225 e. The first kappa shape index (κ1) is 21.3. The van der Waals surface area contributed by atoms with Crippen LogP contribution in [0.15, 0.2) is 0 Å². The van der Waals surface area contributed by atoms with E-state index in [-0.39, 0.29) is 17.7 Å². The molecule has 6 nitrogen and oxygen atoms in total. The average Bonchev–Trinajstić information content (AvgIpc) is 3.43. The molecule has 2 heterocycles. The first-order chi connectivity index (χ1) is 14.5. The number of carbonyl (C=O) groups is 2. The fourth-order valence-electron chi connectivity index (χ4n) is 5.49. The Morgan fingerprint density at radius 1 is 0.933 bits per heavy atom. The van der Waals surface area contributed by atoms with E-state index in [4.69, 9.17) is 9.97 Å². The maximum Gasteiger partial charge on any atom is 0.225 e. The molecule has 3 fully saturated rings. The predicted octanol–water partition coefficient (Wildman–Crippen LogP) is 3.59. The topological polar surface area (TPSA) is 75.2 Å². The molecule has 2 saturated carbocycles. The molecule has 1 aromatic heterocycles. The standard InChI is InChI=1S/C24H36N4O2/c1-16-21(14-22(29)27-20-10-4-3-5-11-20)17(2)26-23(25-16)19-12-13-28(15-19)24(30)18-8-6-7-9-18/h18-20H,3-15H2,1-2H3,(H,27,29). The molecule has 0 bridgehead atoms. The molecular formula is C24H36N4O2. The summed E-state index contributed by atoms with van der Waals surface area (Å²) in [5, 5.41) is 3.20. The SMILES string of the molecule is Cc1nc(C2CCN(C(=O)C3CCCC3)C2)nc(C)c1CC(=O)NC1CCCCC1. The molecule has 30 heavy (non-hydrogen) atoms. The summed E-state index contributed by atoms with van der Waals surface area (Å²) < 4.78 is 0. The van der Waals surface area contributed by atoms with Gasteiger partial charge in [-0.15, -0.1) is 0 Å². The Kier molecular flexibility index (Phi) is 6.69. The number of aromatic nitrogens is 2. The largest absolute Gasteiger partial charge is 0.353 e. The molecular weight excluding hydrogens is 376 g/mol. The molecule has 6 heteroatoms. The van der Waals surface area contributed by atoms with Gasteiger partial charge in [0.15, 0.2) is 0 Å². The molecule has 2 amide bonds. The van der Waals surface area contributed by atoms with Gasteiger partial charge in [-0.1, -0.05) is 32.1 Å². The number of amides is 2. The van der Waals surface area contributed by atoms with E-state index in [9.17, 15) is 9.59 Å². The highest BCUT2D eigenvalue weighted by Crippen LogP contribution is 2.31. The van der Waals surface area contributed by atoms with Crippen LogP contribution in [-0.4, -0.2) is 45.8 Å². The number of aryl methyl sites for hydroxylation is 2. The number of hydrogen-bond donors (Lipinski definition) is 1. The van der Waals surface area contributed by atoms with Crippen molar-refractivity contribution in [1.82, 2.24) is 20.2 Å².